The summed E-state index contributed by atoms with van der Waals surface area (Å²) < 4.78 is 19.3. The van der Waals surface area contributed by atoms with Crippen molar-refractivity contribution in [3.8, 4) is 0 Å². The molecule has 5 heteroatoms. The molecule has 3 nitrogen and oxygen atoms in total. The van der Waals surface area contributed by atoms with Gasteiger partial charge in [0.05, 0.1) is 16.8 Å². The molecule has 0 aliphatic carbocycles. The number of hydrogen-bond donors (Lipinski definition) is 1. The minimum atomic E-state index is -0.243. The fourth-order valence-corrected chi connectivity index (χ4v) is 2.60. The molecule has 0 saturated carbocycles. The van der Waals surface area contributed by atoms with Crippen LogP contribution in [0.1, 0.15) is 30.3 Å². The van der Waals surface area contributed by atoms with Gasteiger partial charge < -0.3 is 9.73 Å². The number of nitrogens with one attached hydrogen (secondary N) is 1. The molecule has 2 rings (SSSR count). The molecule has 0 radical (unpaired) electrons. The van der Waals surface area contributed by atoms with Crippen LogP contribution in [0, 0.1) is 5.82 Å². The first-order valence-electron chi connectivity index (χ1n) is 6.87. The van der Waals surface area contributed by atoms with Crippen LogP contribution in [-0.4, -0.2) is 25.5 Å². The van der Waals surface area contributed by atoms with Crippen LogP contribution in [0.5, 0.6) is 0 Å². The molecule has 114 valence electrons. The molecule has 0 fully saturated rings. The Morgan fingerprint density at radius 2 is 2.10 bits per heavy atom. The fourth-order valence-electron chi connectivity index (χ4n) is 2.21. The molecule has 1 aromatic carbocycles. The van der Waals surface area contributed by atoms with Crippen molar-refractivity contribution in [1.82, 2.24) is 10.2 Å². The highest BCUT2D eigenvalue weighted by Gasteiger charge is 2.18. The van der Waals surface area contributed by atoms with Crippen LogP contribution < -0.4 is 5.32 Å². The molecule has 0 spiro atoms. The van der Waals surface area contributed by atoms with Crippen molar-refractivity contribution in [2.45, 2.75) is 19.0 Å². The van der Waals surface area contributed by atoms with E-state index in [-0.39, 0.29) is 17.9 Å². The molecular weight excluding hydrogens is 335 g/mol. The summed E-state index contributed by atoms with van der Waals surface area (Å²) in [6, 6.07) is 9.25. The lowest BCUT2D eigenvalue weighted by atomic mass is 10.1. The topological polar surface area (TPSA) is 28.4 Å². The number of hydrogen-bond acceptors (Lipinski definition) is 3. The van der Waals surface area contributed by atoms with Crippen LogP contribution in [0.15, 0.2) is 45.5 Å². The highest BCUT2D eigenvalue weighted by atomic mass is 79.9. The second-order valence-electron chi connectivity index (χ2n) is 5.30. The quantitative estimate of drug-likeness (QED) is 0.845. The van der Waals surface area contributed by atoms with E-state index in [2.05, 4.69) is 33.1 Å². The van der Waals surface area contributed by atoms with Gasteiger partial charge in [0.1, 0.15) is 11.6 Å². The van der Waals surface area contributed by atoms with E-state index in [0.29, 0.717) is 4.47 Å². The van der Waals surface area contributed by atoms with E-state index >= 15 is 0 Å². The summed E-state index contributed by atoms with van der Waals surface area (Å²) >= 11 is 3.22. The predicted molar refractivity (Wildman–Crippen MR) is 85.7 cm³/mol. The number of rotatable bonds is 6. The standard InChI is InChI=1S/C16H20BrFN2O/c1-11(12-6-7-14(18)13(17)9-12)19-10-15(20(2)3)16-5-4-8-21-16/h4-9,11,15,19H,10H2,1-3H3. The molecule has 0 aliphatic heterocycles. The van der Waals surface area contributed by atoms with Crippen molar-refractivity contribution >= 4 is 15.9 Å². The maximum absolute atomic E-state index is 13.3. The molecule has 0 amide bonds. The third-order valence-corrected chi connectivity index (χ3v) is 4.16. The van der Waals surface area contributed by atoms with Gasteiger partial charge in [-0.05, 0) is 66.8 Å². The number of halogens is 2. The molecule has 0 aliphatic rings. The highest BCUT2D eigenvalue weighted by molar-refractivity contribution is 9.10. The molecule has 0 saturated heterocycles. The normalized spacial score (nSPS) is 14.4. The monoisotopic (exact) mass is 354 g/mol. The Morgan fingerprint density at radius 1 is 1.33 bits per heavy atom. The second kappa shape index (κ2) is 7.20. The SMILES string of the molecule is CC(NCC(c1ccco1)N(C)C)c1ccc(F)c(Br)c1. The third-order valence-electron chi connectivity index (χ3n) is 3.56. The summed E-state index contributed by atoms with van der Waals surface area (Å²) in [7, 11) is 4.04. The van der Waals surface area contributed by atoms with Gasteiger partial charge in [-0.25, -0.2) is 4.39 Å². The van der Waals surface area contributed by atoms with Crippen LogP contribution >= 0.6 is 15.9 Å². The Labute approximate surface area is 133 Å². The van der Waals surface area contributed by atoms with Gasteiger partial charge in [0.15, 0.2) is 0 Å². The van der Waals surface area contributed by atoms with Gasteiger partial charge in [-0.15, -0.1) is 0 Å². The van der Waals surface area contributed by atoms with Gasteiger partial charge in [-0.2, -0.15) is 0 Å². The van der Waals surface area contributed by atoms with Gasteiger partial charge >= 0.3 is 0 Å². The number of furan rings is 1. The third kappa shape index (κ3) is 4.15. The molecule has 2 unspecified atom stereocenters. The van der Waals surface area contributed by atoms with Crippen molar-refractivity contribution in [2.75, 3.05) is 20.6 Å². The van der Waals surface area contributed by atoms with Crippen molar-refractivity contribution in [2.24, 2.45) is 0 Å². The first-order valence-corrected chi connectivity index (χ1v) is 7.66. The average molecular weight is 355 g/mol. The van der Waals surface area contributed by atoms with E-state index in [4.69, 9.17) is 4.42 Å². The highest BCUT2D eigenvalue weighted by Crippen LogP contribution is 2.23. The van der Waals surface area contributed by atoms with Crippen molar-refractivity contribution in [3.63, 3.8) is 0 Å². The maximum atomic E-state index is 13.3. The lowest BCUT2D eigenvalue weighted by Crippen LogP contribution is -2.32. The van der Waals surface area contributed by atoms with Crippen LogP contribution in [0.25, 0.3) is 0 Å². The van der Waals surface area contributed by atoms with E-state index in [1.807, 2.05) is 32.3 Å². The minimum Gasteiger partial charge on any atom is -0.468 e. The Balaban J connectivity index is 2.01. The summed E-state index contributed by atoms with van der Waals surface area (Å²) in [5.41, 5.74) is 1.04. The van der Waals surface area contributed by atoms with Gasteiger partial charge in [-0.1, -0.05) is 6.07 Å². The molecule has 21 heavy (non-hydrogen) atoms. The number of likely N-dealkylation sites (N-methyl/N-ethyl adjacent to an activating group) is 1. The Hall–Kier alpha value is -1.17. The minimum absolute atomic E-state index is 0.124. The van der Waals surface area contributed by atoms with E-state index in [1.165, 1.54) is 6.07 Å². The summed E-state index contributed by atoms with van der Waals surface area (Å²) in [5.74, 6) is 0.688. The van der Waals surface area contributed by atoms with Crippen molar-refractivity contribution in [3.05, 3.63) is 58.2 Å². The van der Waals surface area contributed by atoms with Crippen molar-refractivity contribution < 1.29 is 8.81 Å². The van der Waals surface area contributed by atoms with E-state index in [9.17, 15) is 4.39 Å². The van der Waals surface area contributed by atoms with E-state index in [0.717, 1.165) is 17.9 Å². The van der Waals surface area contributed by atoms with Gasteiger partial charge in [-0.3, -0.25) is 4.90 Å². The summed E-state index contributed by atoms with van der Waals surface area (Å²) in [6.07, 6.45) is 1.69. The zero-order valence-corrected chi connectivity index (χ0v) is 14.0. The molecule has 2 aromatic rings. The van der Waals surface area contributed by atoms with Gasteiger partial charge in [0.2, 0.25) is 0 Å². The summed E-state index contributed by atoms with van der Waals surface area (Å²) in [6.45, 7) is 2.81. The fraction of sp³-hybridized carbons (Fsp3) is 0.375. The number of benzene rings is 1. The summed E-state index contributed by atoms with van der Waals surface area (Å²) in [4.78, 5) is 2.11. The Kier molecular flexibility index (Phi) is 5.56. The largest absolute Gasteiger partial charge is 0.468 e. The van der Waals surface area contributed by atoms with E-state index < -0.39 is 0 Å². The zero-order valence-electron chi connectivity index (χ0n) is 12.4. The Bertz CT molecular complexity index is 572. The van der Waals surface area contributed by atoms with Crippen LogP contribution in [-0.2, 0) is 0 Å². The molecule has 1 aromatic heterocycles. The first kappa shape index (κ1) is 16.2. The van der Waals surface area contributed by atoms with Crippen LogP contribution in [0.3, 0.4) is 0 Å². The Morgan fingerprint density at radius 3 is 2.67 bits per heavy atom. The predicted octanol–water partition coefficient (Wildman–Crippen LogP) is 4.13. The van der Waals surface area contributed by atoms with E-state index in [1.54, 1.807) is 12.3 Å². The molecule has 1 heterocycles. The molecular formula is C16H20BrFN2O. The smallest absolute Gasteiger partial charge is 0.137 e. The lowest BCUT2D eigenvalue weighted by molar-refractivity contribution is 0.245. The van der Waals surface area contributed by atoms with Crippen molar-refractivity contribution in [1.29, 1.82) is 0 Å². The molecule has 2 atom stereocenters. The molecule has 0 bridgehead atoms. The molecule has 1 N–H and O–H groups in total. The van der Waals surface area contributed by atoms with Gasteiger partial charge in [0.25, 0.3) is 0 Å². The second-order valence-corrected chi connectivity index (χ2v) is 6.15. The number of nitrogens with zero attached hydrogens (tertiary/aromatic N) is 1. The average Bonchev–Trinajstić information content (AvgIpc) is 2.95. The summed E-state index contributed by atoms with van der Waals surface area (Å²) in [5, 5.41) is 3.47. The lowest BCUT2D eigenvalue weighted by Gasteiger charge is -2.25. The van der Waals surface area contributed by atoms with Crippen LogP contribution in [0.4, 0.5) is 4.39 Å². The van der Waals surface area contributed by atoms with Crippen LogP contribution in [0.2, 0.25) is 0 Å². The zero-order chi connectivity index (χ0) is 15.4. The van der Waals surface area contributed by atoms with Gasteiger partial charge in [0, 0.05) is 12.6 Å². The first-order chi connectivity index (χ1) is 9.99. The maximum Gasteiger partial charge on any atom is 0.137 e.